The van der Waals surface area contributed by atoms with Crippen LogP contribution in [0.2, 0.25) is 0 Å². The lowest BCUT2D eigenvalue weighted by Gasteiger charge is -2.33. The number of hydrogen-bond acceptors (Lipinski definition) is 3. The molecule has 22 heavy (non-hydrogen) atoms. The molecule has 4 nitrogen and oxygen atoms in total. The number of nitrogens with zero attached hydrogens (tertiary/aromatic N) is 1. The van der Waals surface area contributed by atoms with Crippen molar-refractivity contribution in [3.8, 4) is 0 Å². The minimum atomic E-state index is -0.510. The lowest BCUT2D eigenvalue weighted by molar-refractivity contribution is -0.121. The summed E-state index contributed by atoms with van der Waals surface area (Å²) in [6.45, 7) is 6.25. The second-order valence-corrected chi connectivity index (χ2v) is 7.40. The quantitative estimate of drug-likeness (QED) is 0.732. The Hall–Kier alpha value is -1.84. The number of fused-ring (bicyclic) bond motifs is 2. The molecule has 1 aromatic carbocycles. The highest BCUT2D eigenvalue weighted by atomic mass is 16.6. The molecule has 0 bridgehead atoms. The molecule has 1 amide bonds. The second-order valence-electron chi connectivity index (χ2n) is 7.40. The Morgan fingerprint density at radius 2 is 1.82 bits per heavy atom. The molecule has 3 rings (SSSR count). The Morgan fingerprint density at radius 1 is 1.18 bits per heavy atom. The molecule has 1 aliphatic carbocycles. The normalized spacial score (nSPS) is 20.1. The fourth-order valence-electron chi connectivity index (χ4n) is 3.55. The number of hydrogen-bond donors (Lipinski definition) is 0. The standard InChI is InChI=1S/C18H23NO3/c1-17(2,3)22-16(21)19-12-18(10-8-13(20)9-11-18)14-6-4-5-7-15(14)19/h4-7H,8-12H2,1-3H3. The SMILES string of the molecule is CC(C)(C)OC(=O)N1CC2(CCC(=O)CC2)c2ccccc21. The maximum atomic E-state index is 12.6. The van der Waals surface area contributed by atoms with Gasteiger partial charge in [-0.3, -0.25) is 9.69 Å². The first-order valence-electron chi connectivity index (χ1n) is 7.93. The summed E-state index contributed by atoms with van der Waals surface area (Å²) < 4.78 is 5.55. The van der Waals surface area contributed by atoms with E-state index in [1.807, 2.05) is 39.0 Å². The third-order valence-electron chi connectivity index (χ3n) is 4.61. The number of amides is 1. The highest BCUT2D eigenvalue weighted by molar-refractivity contribution is 5.92. The van der Waals surface area contributed by atoms with Crippen molar-refractivity contribution in [1.82, 2.24) is 0 Å². The van der Waals surface area contributed by atoms with E-state index in [1.165, 1.54) is 5.56 Å². The summed E-state index contributed by atoms with van der Waals surface area (Å²) in [6, 6.07) is 8.03. The molecule has 1 heterocycles. The number of benzene rings is 1. The van der Waals surface area contributed by atoms with E-state index in [-0.39, 0.29) is 11.5 Å². The summed E-state index contributed by atoms with van der Waals surface area (Å²) in [6.07, 6.45) is 2.56. The number of Topliss-reactive ketones (excluding diaryl/α,β-unsaturated/α-hetero) is 1. The third kappa shape index (κ3) is 2.62. The zero-order chi connectivity index (χ0) is 16.0. The van der Waals surface area contributed by atoms with Gasteiger partial charge in [0.2, 0.25) is 0 Å². The number of ether oxygens (including phenoxy) is 1. The van der Waals surface area contributed by atoms with E-state index < -0.39 is 5.60 Å². The van der Waals surface area contributed by atoms with Gasteiger partial charge in [-0.2, -0.15) is 0 Å². The number of carbonyl (C=O) groups is 2. The van der Waals surface area contributed by atoms with Crippen molar-refractivity contribution >= 4 is 17.6 Å². The zero-order valence-corrected chi connectivity index (χ0v) is 13.5. The monoisotopic (exact) mass is 301 g/mol. The molecule has 4 heteroatoms. The van der Waals surface area contributed by atoms with Gasteiger partial charge in [0.1, 0.15) is 11.4 Å². The first-order valence-corrected chi connectivity index (χ1v) is 7.93. The van der Waals surface area contributed by atoms with Crippen molar-refractivity contribution in [2.24, 2.45) is 0 Å². The predicted octanol–water partition coefficient (Wildman–Crippen LogP) is 3.82. The van der Waals surface area contributed by atoms with Gasteiger partial charge in [0.05, 0.1) is 5.69 Å². The van der Waals surface area contributed by atoms with Gasteiger partial charge < -0.3 is 4.74 Å². The molecular formula is C18H23NO3. The van der Waals surface area contributed by atoms with Crippen LogP contribution in [0.1, 0.15) is 52.0 Å². The summed E-state index contributed by atoms with van der Waals surface area (Å²) in [5.41, 5.74) is 1.53. The summed E-state index contributed by atoms with van der Waals surface area (Å²) in [4.78, 5) is 25.9. The molecule has 118 valence electrons. The highest BCUT2D eigenvalue weighted by Gasteiger charge is 2.47. The molecule has 1 saturated carbocycles. The number of para-hydroxylation sites is 1. The van der Waals surface area contributed by atoms with Crippen molar-refractivity contribution in [2.75, 3.05) is 11.4 Å². The van der Waals surface area contributed by atoms with Crippen LogP contribution in [-0.2, 0) is 14.9 Å². The minimum absolute atomic E-state index is 0.0819. The number of anilines is 1. The Morgan fingerprint density at radius 3 is 2.45 bits per heavy atom. The van der Waals surface area contributed by atoms with E-state index in [1.54, 1.807) is 4.90 Å². The number of carbonyl (C=O) groups excluding carboxylic acids is 2. The van der Waals surface area contributed by atoms with E-state index in [4.69, 9.17) is 4.74 Å². The fraction of sp³-hybridized carbons (Fsp3) is 0.556. The second kappa shape index (κ2) is 5.11. The molecule has 0 unspecified atom stereocenters. The largest absolute Gasteiger partial charge is 0.443 e. The van der Waals surface area contributed by atoms with Crippen molar-refractivity contribution in [3.05, 3.63) is 29.8 Å². The molecule has 0 saturated heterocycles. The first kappa shape index (κ1) is 15.1. The predicted molar refractivity (Wildman–Crippen MR) is 85.2 cm³/mol. The van der Waals surface area contributed by atoms with Crippen LogP contribution >= 0.6 is 0 Å². The van der Waals surface area contributed by atoms with E-state index >= 15 is 0 Å². The van der Waals surface area contributed by atoms with Crippen LogP contribution in [0.5, 0.6) is 0 Å². The van der Waals surface area contributed by atoms with Gasteiger partial charge in [-0.1, -0.05) is 18.2 Å². The van der Waals surface area contributed by atoms with Gasteiger partial charge in [-0.25, -0.2) is 4.79 Å². The number of rotatable bonds is 0. The molecular weight excluding hydrogens is 278 g/mol. The van der Waals surface area contributed by atoms with E-state index in [9.17, 15) is 9.59 Å². The van der Waals surface area contributed by atoms with Crippen molar-refractivity contribution in [3.63, 3.8) is 0 Å². The first-order chi connectivity index (χ1) is 10.3. The molecule has 1 aromatic rings. The third-order valence-corrected chi connectivity index (χ3v) is 4.61. The summed E-state index contributed by atoms with van der Waals surface area (Å²) >= 11 is 0. The van der Waals surface area contributed by atoms with Crippen molar-refractivity contribution < 1.29 is 14.3 Å². The molecule has 0 N–H and O–H groups in total. The van der Waals surface area contributed by atoms with Crippen LogP contribution in [0.4, 0.5) is 10.5 Å². The summed E-state index contributed by atoms with van der Waals surface area (Å²) in [7, 11) is 0. The van der Waals surface area contributed by atoms with Crippen LogP contribution < -0.4 is 4.90 Å². The van der Waals surface area contributed by atoms with Gasteiger partial charge in [-0.15, -0.1) is 0 Å². The smallest absolute Gasteiger partial charge is 0.414 e. The van der Waals surface area contributed by atoms with Gasteiger partial charge in [0.15, 0.2) is 0 Å². The van der Waals surface area contributed by atoms with Gasteiger partial charge in [-0.05, 0) is 45.2 Å². The molecule has 1 fully saturated rings. The molecule has 2 aliphatic rings. The summed E-state index contributed by atoms with van der Waals surface area (Å²) in [5.74, 6) is 0.332. The lowest BCUT2D eigenvalue weighted by Crippen LogP contribution is -2.41. The fourth-order valence-corrected chi connectivity index (χ4v) is 3.55. The Bertz CT molecular complexity index is 605. The van der Waals surface area contributed by atoms with Crippen LogP contribution in [0.3, 0.4) is 0 Å². The van der Waals surface area contributed by atoms with Crippen LogP contribution in [-0.4, -0.2) is 24.0 Å². The molecule has 0 aromatic heterocycles. The van der Waals surface area contributed by atoms with Crippen LogP contribution in [0.25, 0.3) is 0 Å². The lowest BCUT2D eigenvalue weighted by atomic mass is 9.70. The van der Waals surface area contributed by atoms with E-state index in [2.05, 4.69) is 6.07 Å². The molecule has 1 spiro atoms. The topological polar surface area (TPSA) is 46.6 Å². The zero-order valence-electron chi connectivity index (χ0n) is 13.5. The van der Waals surface area contributed by atoms with Crippen molar-refractivity contribution in [2.45, 2.75) is 57.5 Å². The van der Waals surface area contributed by atoms with E-state index in [0.717, 1.165) is 18.5 Å². The van der Waals surface area contributed by atoms with Crippen molar-refractivity contribution in [1.29, 1.82) is 0 Å². The average molecular weight is 301 g/mol. The van der Waals surface area contributed by atoms with Gasteiger partial charge in [0, 0.05) is 24.8 Å². The molecule has 0 radical (unpaired) electrons. The Balaban J connectivity index is 1.92. The minimum Gasteiger partial charge on any atom is -0.443 e. The number of ketones is 1. The van der Waals surface area contributed by atoms with Crippen LogP contribution in [0.15, 0.2) is 24.3 Å². The summed E-state index contributed by atoms with van der Waals surface area (Å²) in [5, 5.41) is 0. The van der Waals surface area contributed by atoms with E-state index in [0.29, 0.717) is 25.2 Å². The van der Waals surface area contributed by atoms with Gasteiger partial charge >= 0.3 is 6.09 Å². The van der Waals surface area contributed by atoms with Crippen LogP contribution in [0, 0.1) is 0 Å². The maximum absolute atomic E-state index is 12.6. The maximum Gasteiger partial charge on any atom is 0.414 e. The average Bonchev–Trinajstić information content (AvgIpc) is 2.76. The highest BCUT2D eigenvalue weighted by Crippen LogP contribution is 2.48. The Labute approximate surface area is 131 Å². The Kier molecular flexibility index (Phi) is 3.50. The van der Waals surface area contributed by atoms with Gasteiger partial charge in [0.25, 0.3) is 0 Å². The molecule has 0 atom stereocenters. The molecule has 1 aliphatic heterocycles.